The highest BCUT2D eigenvalue weighted by Crippen LogP contribution is 2.36. The van der Waals surface area contributed by atoms with Crippen LogP contribution in [-0.4, -0.2) is 63.6 Å². The van der Waals surface area contributed by atoms with Crippen LogP contribution in [0.25, 0.3) is 0 Å². The molecule has 1 aromatic heterocycles. The third-order valence-electron chi connectivity index (χ3n) is 5.32. The van der Waals surface area contributed by atoms with Crippen LogP contribution >= 0.6 is 0 Å². The quantitative estimate of drug-likeness (QED) is 0.824. The fourth-order valence-electron chi connectivity index (χ4n) is 3.69. The molecule has 2 fully saturated rings. The van der Waals surface area contributed by atoms with Crippen LogP contribution in [0.2, 0.25) is 0 Å². The minimum absolute atomic E-state index is 0.0846. The molecule has 8 heteroatoms. The number of carbonyl (C=O) groups is 2. The molecule has 1 atom stereocenters. The molecule has 2 aliphatic rings. The average molecular weight is 382 g/mol. The Morgan fingerprint density at radius 2 is 2.18 bits per heavy atom. The lowest BCUT2D eigenvalue weighted by molar-refractivity contribution is -0.166. The summed E-state index contributed by atoms with van der Waals surface area (Å²) in [5.74, 6) is -0.00755. The second-order valence-corrected chi connectivity index (χ2v) is 7.41. The first-order valence-electron chi connectivity index (χ1n) is 9.31. The standard InChI is InChI=1S/C20H22N4O4/c25-16-3-1-2-15(8-16)19(27)24-12-20(13-24)5-4-14(11-28-20)9-23-18(26)17-10-21-6-7-22-17/h1-3,6-8,10,14,25H,4-5,9,11-13H2,(H,23,26)/t14-/m1/s1. The van der Waals surface area contributed by atoms with Gasteiger partial charge in [0.2, 0.25) is 0 Å². The third kappa shape index (κ3) is 3.82. The molecule has 2 saturated heterocycles. The zero-order valence-corrected chi connectivity index (χ0v) is 15.4. The molecule has 2 aliphatic heterocycles. The lowest BCUT2D eigenvalue weighted by Gasteiger charge is -2.52. The van der Waals surface area contributed by atoms with E-state index in [4.69, 9.17) is 4.74 Å². The third-order valence-corrected chi connectivity index (χ3v) is 5.32. The second kappa shape index (κ2) is 7.55. The molecule has 2 N–H and O–H groups in total. The fourth-order valence-corrected chi connectivity index (χ4v) is 3.69. The molecule has 1 spiro atoms. The Hall–Kier alpha value is -3.00. The molecular formula is C20H22N4O4. The van der Waals surface area contributed by atoms with E-state index in [2.05, 4.69) is 15.3 Å². The number of aromatic hydroxyl groups is 1. The van der Waals surface area contributed by atoms with Crippen LogP contribution < -0.4 is 5.32 Å². The molecule has 0 radical (unpaired) electrons. The number of aromatic nitrogens is 2. The van der Waals surface area contributed by atoms with Gasteiger partial charge in [0.25, 0.3) is 11.8 Å². The number of rotatable bonds is 4. The van der Waals surface area contributed by atoms with Crippen LogP contribution in [0.4, 0.5) is 0 Å². The lowest BCUT2D eigenvalue weighted by Crippen LogP contribution is -2.66. The maximum atomic E-state index is 12.5. The summed E-state index contributed by atoms with van der Waals surface area (Å²) in [6.07, 6.45) is 6.23. The fraction of sp³-hybridized carbons (Fsp3) is 0.400. The van der Waals surface area contributed by atoms with Crippen LogP contribution in [0.5, 0.6) is 5.75 Å². The van der Waals surface area contributed by atoms with Crippen LogP contribution in [0.3, 0.4) is 0 Å². The summed E-state index contributed by atoms with van der Waals surface area (Å²) in [5.41, 5.74) is 0.504. The normalized spacial score (nSPS) is 20.4. The minimum atomic E-state index is -0.280. The Labute approximate surface area is 162 Å². The van der Waals surface area contributed by atoms with Gasteiger partial charge in [-0.15, -0.1) is 0 Å². The topological polar surface area (TPSA) is 105 Å². The van der Waals surface area contributed by atoms with Crippen molar-refractivity contribution in [1.82, 2.24) is 20.2 Å². The summed E-state index contributed by atoms with van der Waals surface area (Å²) in [6.45, 7) is 2.19. The van der Waals surface area contributed by atoms with E-state index in [-0.39, 0.29) is 29.1 Å². The molecule has 1 aromatic carbocycles. The van der Waals surface area contributed by atoms with Crippen LogP contribution in [0.1, 0.15) is 33.7 Å². The largest absolute Gasteiger partial charge is 0.508 e. The zero-order chi connectivity index (χ0) is 19.6. The molecule has 8 nitrogen and oxygen atoms in total. The molecule has 28 heavy (non-hydrogen) atoms. The highest BCUT2D eigenvalue weighted by atomic mass is 16.5. The molecule has 0 saturated carbocycles. The van der Waals surface area contributed by atoms with E-state index < -0.39 is 0 Å². The SMILES string of the molecule is O=C(NC[C@H]1CCC2(CN(C(=O)c3cccc(O)c3)C2)OC1)c1cnccn1. The molecule has 3 heterocycles. The number of hydrogen-bond acceptors (Lipinski definition) is 6. The van der Waals surface area contributed by atoms with Gasteiger partial charge in [-0.25, -0.2) is 4.98 Å². The van der Waals surface area contributed by atoms with E-state index in [0.29, 0.717) is 37.5 Å². The zero-order valence-electron chi connectivity index (χ0n) is 15.4. The van der Waals surface area contributed by atoms with Gasteiger partial charge in [-0.3, -0.25) is 14.6 Å². The highest BCUT2D eigenvalue weighted by molar-refractivity contribution is 5.95. The smallest absolute Gasteiger partial charge is 0.271 e. The van der Waals surface area contributed by atoms with Gasteiger partial charge in [-0.2, -0.15) is 0 Å². The predicted molar refractivity (Wildman–Crippen MR) is 99.8 cm³/mol. The van der Waals surface area contributed by atoms with Crippen LogP contribution in [0.15, 0.2) is 42.9 Å². The molecule has 0 unspecified atom stereocenters. The first-order chi connectivity index (χ1) is 13.5. The van der Waals surface area contributed by atoms with Crippen molar-refractivity contribution in [1.29, 1.82) is 0 Å². The van der Waals surface area contributed by atoms with Crippen molar-refractivity contribution in [2.75, 3.05) is 26.2 Å². The lowest BCUT2D eigenvalue weighted by atomic mass is 9.82. The van der Waals surface area contributed by atoms with Gasteiger partial charge in [0.15, 0.2) is 0 Å². The Balaban J connectivity index is 1.23. The summed E-state index contributed by atoms with van der Waals surface area (Å²) in [6, 6.07) is 6.38. The number of nitrogens with one attached hydrogen (secondary N) is 1. The van der Waals surface area contributed by atoms with E-state index in [1.165, 1.54) is 24.7 Å². The van der Waals surface area contributed by atoms with E-state index in [1.54, 1.807) is 23.1 Å². The van der Waals surface area contributed by atoms with E-state index in [9.17, 15) is 14.7 Å². The van der Waals surface area contributed by atoms with Crippen molar-refractivity contribution in [2.24, 2.45) is 5.92 Å². The van der Waals surface area contributed by atoms with Crippen molar-refractivity contribution in [3.63, 3.8) is 0 Å². The summed E-state index contributed by atoms with van der Waals surface area (Å²) in [7, 11) is 0. The summed E-state index contributed by atoms with van der Waals surface area (Å²) in [4.78, 5) is 34.1. The maximum Gasteiger partial charge on any atom is 0.271 e. The van der Waals surface area contributed by atoms with Crippen molar-refractivity contribution in [3.8, 4) is 5.75 Å². The van der Waals surface area contributed by atoms with Crippen molar-refractivity contribution in [3.05, 3.63) is 54.1 Å². The number of nitrogens with zero attached hydrogens (tertiary/aromatic N) is 3. The van der Waals surface area contributed by atoms with Crippen molar-refractivity contribution < 1.29 is 19.4 Å². The van der Waals surface area contributed by atoms with Gasteiger partial charge in [-0.1, -0.05) is 6.07 Å². The van der Waals surface area contributed by atoms with E-state index >= 15 is 0 Å². The summed E-state index contributed by atoms with van der Waals surface area (Å²) >= 11 is 0. The number of benzene rings is 1. The summed E-state index contributed by atoms with van der Waals surface area (Å²) < 4.78 is 6.07. The van der Waals surface area contributed by atoms with E-state index in [1.807, 2.05) is 0 Å². The van der Waals surface area contributed by atoms with E-state index in [0.717, 1.165) is 12.8 Å². The first kappa shape index (κ1) is 18.4. The predicted octanol–water partition coefficient (Wildman–Crippen LogP) is 1.23. The van der Waals surface area contributed by atoms with Crippen LogP contribution in [0, 0.1) is 5.92 Å². The molecule has 2 aromatic rings. The Morgan fingerprint density at radius 1 is 1.32 bits per heavy atom. The highest BCUT2D eigenvalue weighted by Gasteiger charge is 2.48. The first-order valence-corrected chi connectivity index (χ1v) is 9.31. The molecule has 4 rings (SSSR count). The number of amides is 2. The molecular weight excluding hydrogens is 360 g/mol. The van der Waals surface area contributed by atoms with Gasteiger partial charge in [0, 0.05) is 24.5 Å². The Morgan fingerprint density at radius 3 is 2.86 bits per heavy atom. The molecule has 0 aliphatic carbocycles. The second-order valence-electron chi connectivity index (χ2n) is 7.41. The van der Waals surface area contributed by atoms with Gasteiger partial charge in [0.05, 0.1) is 25.9 Å². The van der Waals surface area contributed by atoms with Crippen LogP contribution in [-0.2, 0) is 4.74 Å². The number of likely N-dealkylation sites (tertiary alicyclic amines) is 1. The van der Waals surface area contributed by atoms with Gasteiger partial charge in [-0.05, 0) is 37.0 Å². The maximum absolute atomic E-state index is 12.5. The number of ether oxygens (including phenoxy) is 1. The minimum Gasteiger partial charge on any atom is -0.508 e. The van der Waals surface area contributed by atoms with Gasteiger partial charge >= 0.3 is 0 Å². The molecule has 0 bridgehead atoms. The van der Waals surface area contributed by atoms with Crippen molar-refractivity contribution >= 4 is 11.8 Å². The Bertz CT molecular complexity index is 858. The molecule has 146 valence electrons. The number of hydrogen-bond donors (Lipinski definition) is 2. The monoisotopic (exact) mass is 382 g/mol. The number of phenols is 1. The Kier molecular flexibility index (Phi) is 4.95. The number of phenolic OH excluding ortho intramolecular Hbond substituents is 1. The summed E-state index contributed by atoms with van der Waals surface area (Å²) in [5, 5.41) is 12.4. The van der Waals surface area contributed by atoms with Crippen molar-refractivity contribution in [2.45, 2.75) is 18.4 Å². The number of carbonyl (C=O) groups excluding carboxylic acids is 2. The average Bonchev–Trinajstić information content (AvgIpc) is 2.71. The van der Waals surface area contributed by atoms with Gasteiger partial charge in [0.1, 0.15) is 17.0 Å². The molecule has 2 amide bonds. The van der Waals surface area contributed by atoms with Gasteiger partial charge < -0.3 is 20.1 Å².